The molecule has 0 saturated carbocycles. The van der Waals surface area contributed by atoms with E-state index in [0.29, 0.717) is 6.32 Å². The van der Waals surface area contributed by atoms with Crippen LogP contribution < -0.4 is 0 Å². The maximum atomic E-state index is 9.46. The molecule has 0 heterocycles. The number of rotatable bonds is 9. The van der Waals surface area contributed by atoms with Gasteiger partial charge in [-0.1, -0.05) is 147 Å². The fraction of sp³-hybridized carbons (Fsp3) is 0.167. The Bertz CT molecular complexity index is 1530. The molecular formula is C36H33BO2. The largest absolute Gasteiger partial charge is 0.451 e. The highest BCUT2D eigenvalue weighted by atomic mass is 16.4. The quantitative estimate of drug-likeness (QED) is 0.117. The predicted molar refractivity (Wildman–Crippen MR) is 165 cm³/mol. The molecule has 6 rings (SSSR count). The maximum absolute atomic E-state index is 9.46. The van der Waals surface area contributed by atoms with Gasteiger partial charge in [0.15, 0.2) is 0 Å². The van der Waals surface area contributed by atoms with Crippen molar-refractivity contribution in [1.82, 2.24) is 0 Å². The molecule has 3 heteroatoms. The summed E-state index contributed by atoms with van der Waals surface area (Å²) in [6.45, 7) is 0. The van der Waals surface area contributed by atoms with Gasteiger partial charge in [0.2, 0.25) is 0 Å². The van der Waals surface area contributed by atoms with E-state index < -0.39 is 12.5 Å². The van der Waals surface area contributed by atoms with Crippen molar-refractivity contribution in [2.45, 2.75) is 37.4 Å². The second kappa shape index (κ2) is 11.1. The molecule has 2 N–H and O–H groups in total. The monoisotopic (exact) mass is 508 g/mol. The van der Waals surface area contributed by atoms with E-state index in [0.717, 1.165) is 25.7 Å². The zero-order valence-corrected chi connectivity index (χ0v) is 22.1. The van der Waals surface area contributed by atoms with Crippen molar-refractivity contribution in [2.75, 3.05) is 0 Å². The van der Waals surface area contributed by atoms with Crippen molar-refractivity contribution in [3.63, 3.8) is 0 Å². The first-order chi connectivity index (χ1) is 19.2. The summed E-state index contributed by atoms with van der Waals surface area (Å²) in [6, 6.07) is 46.4. The Hall–Kier alpha value is -3.92. The minimum absolute atomic E-state index is 0.407. The second-order valence-electron chi connectivity index (χ2n) is 10.6. The lowest BCUT2D eigenvalue weighted by atomic mass is 9.63. The molecule has 192 valence electrons. The van der Waals surface area contributed by atoms with E-state index in [9.17, 15) is 10.0 Å². The molecule has 0 aliphatic heterocycles. The lowest BCUT2D eigenvalue weighted by Crippen LogP contribution is -2.30. The van der Waals surface area contributed by atoms with Gasteiger partial charge in [0.05, 0.1) is 0 Å². The SMILES string of the molecule is OB(O)CCCCCC(c1cccc2ccccc12)(c1cccc2ccccc12)c1cccc2ccccc12. The highest BCUT2D eigenvalue weighted by Crippen LogP contribution is 2.50. The molecule has 0 bridgehead atoms. The number of unbranched alkanes of at least 4 members (excludes halogenated alkanes) is 2. The Kier molecular flexibility index (Phi) is 7.19. The summed E-state index contributed by atoms with van der Waals surface area (Å²) in [5, 5.41) is 26.4. The Labute approximate surface area is 230 Å². The van der Waals surface area contributed by atoms with E-state index >= 15 is 0 Å². The summed E-state index contributed by atoms with van der Waals surface area (Å²) >= 11 is 0. The summed E-state index contributed by atoms with van der Waals surface area (Å²) in [7, 11) is -1.25. The molecule has 0 unspecified atom stereocenters. The molecular weight excluding hydrogens is 475 g/mol. The van der Waals surface area contributed by atoms with E-state index in [1.54, 1.807) is 0 Å². The Balaban J connectivity index is 1.70. The van der Waals surface area contributed by atoms with Crippen LogP contribution in [0.15, 0.2) is 127 Å². The number of hydrogen-bond donors (Lipinski definition) is 2. The van der Waals surface area contributed by atoms with E-state index in [1.807, 2.05) is 0 Å². The summed E-state index contributed by atoms with van der Waals surface area (Å²) in [4.78, 5) is 0. The van der Waals surface area contributed by atoms with Gasteiger partial charge in [0.25, 0.3) is 0 Å². The third-order valence-corrected chi connectivity index (χ3v) is 8.26. The first kappa shape index (κ1) is 25.4. The van der Waals surface area contributed by atoms with Gasteiger partial charge in [0, 0.05) is 5.41 Å². The van der Waals surface area contributed by atoms with Crippen LogP contribution in [-0.2, 0) is 5.41 Å². The molecule has 39 heavy (non-hydrogen) atoms. The lowest BCUT2D eigenvalue weighted by molar-refractivity contribution is 0.400. The van der Waals surface area contributed by atoms with Gasteiger partial charge in [-0.25, -0.2) is 0 Å². The molecule has 0 atom stereocenters. The lowest BCUT2D eigenvalue weighted by Gasteiger charge is -2.39. The van der Waals surface area contributed by atoms with Crippen LogP contribution in [0.4, 0.5) is 0 Å². The molecule has 0 aliphatic rings. The Morgan fingerprint density at radius 2 is 0.821 bits per heavy atom. The van der Waals surface area contributed by atoms with Crippen LogP contribution in [0.2, 0.25) is 6.32 Å². The summed E-state index contributed by atoms with van der Waals surface area (Å²) < 4.78 is 0. The third kappa shape index (κ3) is 4.73. The van der Waals surface area contributed by atoms with Crippen molar-refractivity contribution in [1.29, 1.82) is 0 Å². The van der Waals surface area contributed by atoms with Crippen LogP contribution in [-0.4, -0.2) is 17.2 Å². The average molecular weight is 508 g/mol. The summed E-state index contributed by atoms with van der Waals surface area (Å²) in [6.07, 6.45) is 3.99. The molecule has 6 aromatic rings. The van der Waals surface area contributed by atoms with Gasteiger partial charge < -0.3 is 10.0 Å². The molecule has 0 spiro atoms. The van der Waals surface area contributed by atoms with Crippen molar-refractivity contribution < 1.29 is 10.0 Å². The van der Waals surface area contributed by atoms with Crippen molar-refractivity contribution in [3.05, 3.63) is 144 Å². The number of benzene rings is 6. The maximum Gasteiger partial charge on any atom is 0.451 e. The highest BCUT2D eigenvalue weighted by molar-refractivity contribution is 6.40. The summed E-state index contributed by atoms with van der Waals surface area (Å²) in [5.41, 5.74) is 3.53. The fourth-order valence-electron chi connectivity index (χ4n) is 6.53. The zero-order chi connectivity index (χ0) is 26.7. The summed E-state index contributed by atoms with van der Waals surface area (Å²) in [5.74, 6) is 0. The van der Waals surface area contributed by atoms with Gasteiger partial charge in [-0.15, -0.1) is 0 Å². The molecule has 0 amide bonds. The van der Waals surface area contributed by atoms with Gasteiger partial charge in [-0.05, 0) is 61.7 Å². The van der Waals surface area contributed by atoms with Crippen LogP contribution in [0.5, 0.6) is 0 Å². The van der Waals surface area contributed by atoms with E-state index in [1.165, 1.54) is 49.0 Å². The van der Waals surface area contributed by atoms with Crippen LogP contribution in [0, 0.1) is 0 Å². The molecule has 0 fully saturated rings. The molecule has 2 nitrogen and oxygen atoms in total. The van der Waals surface area contributed by atoms with Gasteiger partial charge in [-0.2, -0.15) is 0 Å². The minimum Gasteiger partial charge on any atom is -0.427 e. The molecule has 6 aromatic carbocycles. The van der Waals surface area contributed by atoms with E-state index in [-0.39, 0.29) is 0 Å². The van der Waals surface area contributed by atoms with Gasteiger partial charge >= 0.3 is 7.12 Å². The predicted octanol–water partition coefficient (Wildman–Crippen LogP) is 8.51. The van der Waals surface area contributed by atoms with Crippen molar-refractivity contribution in [3.8, 4) is 0 Å². The third-order valence-electron chi connectivity index (χ3n) is 8.26. The smallest absolute Gasteiger partial charge is 0.427 e. The first-order valence-electron chi connectivity index (χ1n) is 14.0. The second-order valence-corrected chi connectivity index (χ2v) is 10.6. The number of hydrogen-bond acceptors (Lipinski definition) is 2. The molecule has 0 radical (unpaired) electrons. The number of fused-ring (bicyclic) bond motifs is 3. The Morgan fingerprint density at radius 1 is 0.436 bits per heavy atom. The Morgan fingerprint density at radius 3 is 1.23 bits per heavy atom. The van der Waals surface area contributed by atoms with Gasteiger partial charge in [-0.3, -0.25) is 0 Å². The van der Waals surface area contributed by atoms with Crippen LogP contribution >= 0.6 is 0 Å². The standard InChI is InChI=1S/C36H33BO2/c38-37(39)26-9-1-8-25-36(33-22-10-16-27-13-2-5-19-30(27)33,34-23-11-17-28-14-3-6-20-31(28)34)35-24-12-18-29-15-4-7-21-32(29)35/h2-7,10-24,38-39H,1,8-9,25-26H2. The van der Waals surface area contributed by atoms with Crippen molar-refractivity contribution in [2.24, 2.45) is 0 Å². The van der Waals surface area contributed by atoms with E-state index in [2.05, 4.69) is 127 Å². The van der Waals surface area contributed by atoms with Gasteiger partial charge in [0.1, 0.15) is 0 Å². The van der Waals surface area contributed by atoms with Crippen LogP contribution in [0.25, 0.3) is 32.3 Å². The molecule has 0 aliphatic carbocycles. The van der Waals surface area contributed by atoms with E-state index in [4.69, 9.17) is 0 Å². The zero-order valence-electron chi connectivity index (χ0n) is 22.1. The van der Waals surface area contributed by atoms with Crippen molar-refractivity contribution >= 4 is 39.4 Å². The molecule has 0 saturated heterocycles. The fourth-order valence-corrected chi connectivity index (χ4v) is 6.53. The minimum atomic E-state index is -1.25. The average Bonchev–Trinajstić information content (AvgIpc) is 2.98. The van der Waals surface area contributed by atoms with Crippen LogP contribution in [0.1, 0.15) is 42.4 Å². The topological polar surface area (TPSA) is 40.5 Å². The first-order valence-corrected chi connectivity index (χ1v) is 14.0. The van der Waals surface area contributed by atoms with Crippen LogP contribution in [0.3, 0.4) is 0 Å². The normalized spacial score (nSPS) is 11.8. The molecule has 0 aromatic heterocycles. The highest BCUT2D eigenvalue weighted by Gasteiger charge is 2.39.